The molecule has 2 atom stereocenters. The van der Waals surface area contributed by atoms with Crippen LogP contribution in [0.1, 0.15) is 31.7 Å². The van der Waals surface area contributed by atoms with Crippen LogP contribution in [0.4, 0.5) is 0 Å². The van der Waals surface area contributed by atoms with Gasteiger partial charge in [0, 0.05) is 9.52 Å². The van der Waals surface area contributed by atoms with Gasteiger partial charge in [-0.1, -0.05) is 86.2 Å². The Kier molecular flexibility index (Phi) is 4.40. The first-order valence-electron chi connectivity index (χ1n) is 8.11. The summed E-state index contributed by atoms with van der Waals surface area (Å²) in [6.45, 7) is 2.32. The molecule has 3 rings (SSSR count). The van der Waals surface area contributed by atoms with E-state index in [4.69, 9.17) is 0 Å². The Labute approximate surface area is 130 Å². The number of hydrogen-bond acceptors (Lipinski definition) is 0. The third kappa shape index (κ3) is 3.19. The van der Waals surface area contributed by atoms with E-state index in [1.807, 2.05) is 0 Å². The van der Waals surface area contributed by atoms with E-state index < -0.39 is 0 Å². The number of hydrogen-bond donors (Lipinski definition) is 0. The van der Waals surface area contributed by atoms with Gasteiger partial charge in [0.25, 0.3) is 0 Å². The zero-order valence-corrected chi connectivity index (χ0v) is 14.2. The van der Waals surface area contributed by atoms with Crippen LogP contribution in [0.3, 0.4) is 0 Å². The lowest BCUT2D eigenvalue weighted by molar-refractivity contribution is 0.597. The highest BCUT2D eigenvalue weighted by Gasteiger charge is 2.31. The van der Waals surface area contributed by atoms with Gasteiger partial charge in [-0.15, -0.1) is 0 Å². The third-order valence-electron chi connectivity index (χ3n) is 4.72. The summed E-state index contributed by atoms with van der Waals surface area (Å²) < 4.78 is 0. The van der Waals surface area contributed by atoms with Crippen molar-refractivity contribution < 1.29 is 0 Å². The van der Waals surface area contributed by atoms with Gasteiger partial charge in [0.1, 0.15) is 0 Å². The summed E-state index contributed by atoms with van der Waals surface area (Å²) in [6.07, 6.45) is 20.3. The Morgan fingerprint density at radius 2 is 2.00 bits per heavy atom. The van der Waals surface area contributed by atoms with Crippen molar-refractivity contribution in [3.63, 3.8) is 0 Å². The normalized spacial score (nSPS) is 27.7. The lowest BCUT2D eigenvalue weighted by atomic mass is 9.94. The van der Waals surface area contributed by atoms with E-state index in [9.17, 15) is 0 Å². The summed E-state index contributed by atoms with van der Waals surface area (Å²) in [7, 11) is -0.260. The van der Waals surface area contributed by atoms with Gasteiger partial charge < -0.3 is 0 Å². The van der Waals surface area contributed by atoms with Crippen LogP contribution >= 0.6 is 0 Å². The highest BCUT2D eigenvalue weighted by molar-refractivity contribution is 6.47. The number of benzene rings is 1. The van der Waals surface area contributed by atoms with Gasteiger partial charge in [-0.3, -0.25) is 0 Å². The molecule has 0 aromatic heterocycles. The molecule has 0 saturated carbocycles. The summed E-state index contributed by atoms with van der Waals surface area (Å²) in [5, 5.41) is 0.483. The second kappa shape index (κ2) is 6.44. The summed E-state index contributed by atoms with van der Waals surface area (Å²) in [6, 6.07) is 10.9. The number of allylic oxidation sites excluding steroid dienone is 8. The Hall–Kier alpha value is -1.60. The molecule has 2 unspecified atom stereocenters. The highest BCUT2D eigenvalue weighted by Crippen LogP contribution is 2.46. The van der Waals surface area contributed by atoms with Gasteiger partial charge in [0.05, 0.1) is 0 Å². The van der Waals surface area contributed by atoms with Crippen LogP contribution in [0.15, 0.2) is 72.9 Å². The van der Waals surface area contributed by atoms with Crippen molar-refractivity contribution in [2.75, 3.05) is 0 Å². The molecule has 1 aromatic rings. The average Bonchev–Trinajstić information content (AvgIpc) is 2.97. The second-order valence-electron chi connectivity index (χ2n) is 6.29. The van der Waals surface area contributed by atoms with Crippen LogP contribution in [0.25, 0.3) is 5.57 Å². The maximum Gasteiger partial charge on any atom is 0.0455 e. The molecule has 0 bridgehead atoms. The Balaban J connectivity index is 1.80. The Bertz CT molecular complexity index is 592. The minimum absolute atomic E-state index is 0.260. The molecule has 0 saturated heterocycles. The average molecular weight is 292 g/mol. The number of rotatable bonds is 5. The molecule has 2 aliphatic rings. The van der Waals surface area contributed by atoms with E-state index in [0.717, 1.165) is 0 Å². The largest absolute Gasteiger partial charge is 0.0840 e. The van der Waals surface area contributed by atoms with E-state index in [0.29, 0.717) is 10.6 Å². The van der Waals surface area contributed by atoms with E-state index in [1.54, 1.807) is 5.57 Å². The Morgan fingerprint density at radius 1 is 1.14 bits per heavy atom. The van der Waals surface area contributed by atoms with Crippen LogP contribution < -0.4 is 0 Å². The van der Waals surface area contributed by atoms with Crippen LogP contribution in [0.2, 0.25) is 10.6 Å². The minimum Gasteiger partial charge on any atom is -0.0840 e. The fourth-order valence-corrected chi connectivity index (χ4v) is 6.65. The molecule has 1 heteroatoms. The summed E-state index contributed by atoms with van der Waals surface area (Å²) in [4.78, 5) is 0. The lowest BCUT2D eigenvalue weighted by Gasteiger charge is -2.33. The molecule has 1 aromatic carbocycles. The van der Waals surface area contributed by atoms with Crippen LogP contribution in [-0.2, 0) is 0 Å². The fourth-order valence-electron chi connectivity index (χ4n) is 3.72. The fraction of sp³-hybridized carbons (Fsp3) is 0.300. The molecule has 0 spiro atoms. The van der Waals surface area contributed by atoms with Gasteiger partial charge in [-0.25, -0.2) is 0 Å². The van der Waals surface area contributed by atoms with Gasteiger partial charge in [0.2, 0.25) is 0 Å². The van der Waals surface area contributed by atoms with Gasteiger partial charge >= 0.3 is 0 Å². The van der Waals surface area contributed by atoms with Crippen molar-refractivity contribution >= 4 is 15.1 Å². The Morgan fingerprint density at radius 3 is 2.71 bits per heavy atom. The van der Waals surface area contributed by atoms with Crippen LogP contribution in [-0.4, -0.2) is 9.52 Å². The summed E-state index contributed by atoms with van der Waals surface area (Å²) >= 11 is 0. The van der Waals surface area contributed by atoms with Gasteiger partial charge in [-0.2, -0.15) is 0 Å². The first-order valence-corrected chi connectivity index (χ1v) is 9.63. The van der Waals surface area contributed by atoms with E-state index in [1.165, 1.54) is 24.8 Å². The molecule has 21 heavy (non-hydrogen) atoms. The molecule has 0 amide bonds. The van der Waals surface area contributed by atoms with E-state index in [2.05, 4.69) is 79.8 Å². The lowest BCUT2D eigenvalue weighted by Crippen LogP contribution is -2.22. The topological polar surface area (TPSA) is 0 Å². The molecule has 0 fully saturated rings. The first kappa shape index (κ1) is 14.3. The predicted molar refractivity (Wildman–Crippen MR) is 96.4 cm³/mol. The predicted octanol–water partition coefficient (Wildman–Crippen LogP) is 5.07. The van der Waals surface area contributed by atoms with Crippen molar-refractivity contribution in [2.24, 2.45) is 0 Å². The third-order valence-corrected chi connectivity index (χ3v) is 7.56. The minimum atomic E-state index is -0.260. The van der Waals surface area contributed by atoms with Crippen molar-refractivity contribution in [3.05, 3.63) is 78.4 Å². The zero-order chi connectivity index (χ0) is 14.5. The van der Waals surface area contributed by atoms with Gasteiger partial charge in [-0.05, 0) is 34.6 Å². The monoisotopic (exact) mass is 292 g/mol. The molecule has 108 valence electrons. The SMILES string of the molecule is CCCC1([SiH2]C2C=CC=C2c2ccccc2)C=CC=CC1. The van der Waals surface area contributed by atoms with Crippen LogP contribution in [0.5, 0.6) is 0 Å². The highest BCUT2D eigenvalue weighted by atomic mass is 28.2. The molecular weight excluding hydrogens is 268 g/mol. The summed E-state index contributed by atoms with van der Waals surface area (Å²) in [5.74, 6) is 0. The molecule has 0 heterocycles. The molecule has 0 N–H and O–H groups in total. The standard InChI is InChI=1S/C20H24Si/c1-2-14-20(15-7-4-8-16-20)21-19-13-9-12-18(19)17-10-5-3-6-11-17/h3-13,15,19H,2,14,16,21H2,1H3. The maximum atomic E-state index is 2.51. The van der Waals surface area contributed by atoms with Crippen LogP contribution in [0, 0.1) is 0 Å². The first-order chi connectivity index (χ1) is 10.3. The van der Waals surface area contributed by atoms with Crippen molar-refractivity contribution in [1.82, 2.24) is 0 Å². The van der Waals surface area contributed by atoms with E-state index in [-0.39, 0.29) is 9.52 Å². The second-order valence-corrected chi connectivity index (χ2v) is 8.98. The van der Waals surface area contributed by atoms with Crippen molar-refractivity contribution in [2.45, 2.75) is 36.8 Å². The smallest absolute Gasteiger partial charge is 0.0455 e. The quantitative estimate of drug-likeness (QED) is 0.664. The van der Waals surface area contributed by atoms with Gasteiger partial charge in [0.15, 0.2) is 0 Å². The van der Waals surface area contributed by atoms with E-state index >= 15 is 0 Å². The summed E-state index contributed by atoms with van der Waals surface area (Å²) in [5.41, 5.74) is 3.64. The molecule has 0 radical (unpaired) electrons. The van der Waals surface area contributed by atoms with Crippen molar-refractivity contribution in [3.8, 4) is 0 Å². The molecule has 2 aliphatic carbocycles. The molecular formula is C20H24Si. The van der Waals surface area contributed by atoms with Crippen molar-refractivity contribution in [1.29, 1.82) is 0 Å². The molecule has 0 aliphatic heterocycles. The molecule has 0 nitrogen and oxygen atoms in total. The maximum absolute atomic E-state index is 2.51. The zero-order valence-electron chi connectivity index (χ0n) is 12.8.